The van der Waals surface area contributed by atoms with Crippen LogP contribution in [0.25, 0.3) is 0 Å². The second-order valence-electron chi connectivity index (χ2n) is 6.11. The summed E-state index contributed by atoms with van der Waals surface area (Å²) < 4.78 is 6.53. The van der Waals surface area contributed by atoms with Gasteiger partial charge in [0.1, 0.15) is 5.75 Å². The van der Waals surface area contributed by atoms with Crippen LogP contribution < -0.4 is 15.4 Å². The van der Waals surface area contributed by atoms with Crippen molar-refractivity contribution in [2.45, 2.75) is 6.92 Å². The van der Waals surface area contributed by atoms with Gasteiger partial charge >= 0.3 is 0 Å². The predicted octanol–water partition coefficient (Wildman–Crippen LogP) is 5.03. The van der Waals surface area contributed by atoms with Gasteiger partial charge in [0.25, 0.3) is 11.8 Å². The van der Waals surface area contributed by atoms with E-state index in [2.05, 4.69) is 26.6 Å². The van der Waals surface area contributed by atoms with Crippen molar-refractivity contribution in [3.63, 3.8) is 0 Å². The number of ether oxygens (including phenoxy) is 1. The predicted molar refractivity (Wildman–Crippen MR) is 114 cm³/mol. The van der Waals surface area contributed by atoms with Crippen molar-refractivity contribution >= 4 is 39.1 Å². The Balaban J connectivity index is 1.65. The maximum Gasteiger partial charge on any atom is 0.262 e. The minimum Gasteiger partial charge on any atom is -0.483 e. The van der Waals surface area contributed by atoms with E-state index >= 15 is 0 Å². The average Bonchev–Trinajstić information content (AvgIpc) is 2.68. The standard InChI is InChI=1S/C22H19BrN2O3/c1-15-13-16(23)11-12-20(15)28-14-21(26)25-19-10-6-5-9-18(19)22(27)24-17-7-3-2-4-8-17/h2-13H,14H2,1H3,(H,24,27)(H,25,26). The number of aryl methyl sites for hydroxylation is 1. The molecule has 0 bridgehead atoms. The van der Waals surface area contributed by atoms with Crippen LogP contribution in [0.15, 0.2) is 77.3 Å². The van der Waals surface area contributed by atoms with Crippen LogP contribution >= 0.6 is 15.9 Å². The number of rotatable bonds is 6. The second-order valence-corrected chi connectivity index (χ2v) is 7.03. The van der Waals surface area contributed by atoms with Gasteiger partial charge in [0.2, 0.25) is 0 Å². The number of hydrogen-bond donors (Lipinski definition) is 2. The average molecular weight is 439 g/mol. The monoisotopic (exact) mass is 438 g/mol. The first-order chi connectivity index (χ1) is 13.5. The number of para-hydroxylation sites is 2. The molecule has 0 aromatic heterocycles. The van der Waals surface area contributed by atoms with E-state index in [0.29, 0.717) is 22.7 Å². The first kappa shape index (κ1) is 19.6. The molecule has 142 valence electrons. The zero-order valence-electron chi connectivity index (χ0n) is 15.2. The molecule has 0 radical (unpaired) electrons. The molecule has 5 nitrogen and oxygen atoms in total. The largest absolute Gasteiger partial charge is 0.483 e. The Morgan fingerprint density at radius 3 is 2.39 bits per heavy atom. The summed E-state index contributed by atoms with van der Waals surface area (Å²) in [6, 6.07) is 21.6. The summed E-state index contributed by atoms with van der Waals surface area (Å²) in [4.78, 5) is 24.9. The van der Waals surface area contributed by atoms with Crippen LogP contribution in [0, 0.1) is 6.92 Å². The molecule has 0 aliphatic carbocycles. The van der Waals surface area contributed by atoms with E-state index < -0.39 is 0 Å². The third kappa shape index (κ3) is 5.20. The van der Waals surface area contributed by atoms with Crippen LogP contribution in [0.2, 0.25) is 0 Å². The number of halogens is 1. The Morgan fingerprint density at radius 1 is 0.929 bits per heavy atom. The molecule has 28 heavy (non-hydrogen) atoms. The highest BCUT2D eigenvalue weighted by molar-refractivity contribution is 9.10. The number of anilines is 2. The summed E-state index contributed by atoms with van der Waals surface area (Å²) in [6.07, 6.45) is 0. The molecule has 2 N–H and O–H groups in total. The van der Waals surface area contributed by atoms with Crippen LogP contribution in [0.1, 0.15) is 15.9 Å². The fourth-order valence-electron chi connectivity index (χ4n) is 2.61. The van der Waals surface area contributed by atoms with E-state index in [1.54, 1.807) is 42.5 Å². The maximum atomic E-state index is 12.6. The zero-order chi connectivity index (χ0) is 19.9. The third-order valence-corrected chi connectivity index (χ3v) is 4.47. The van der Waals surface area contributed by atoms with Gasteiger partial charge in [-0.1, -0.05) is 46.3 Å². The first-order valence-corrected chi connectivity index (χ1v) is 9.46. The highest BCUT2D eigenvalue weighted by atomic mass is 79.9. The number of amides is 2. The molecule has 0 aliphatic rings. The Kier molecular flexibility index (Phi) is 6.45. The summed E-state index contributed by atoms with van der Waals surface area (Å²) in [5.41, 5.74) is 2.41. The summed E-state index contributed by atoms with van der Waals surface area (Å²) in [5.74, 6) is -0.0116. The van der Waals surface area contributed by atoms with Gasteiger partial charge < -0.3 is 15.4 Å². The molecule has 0 aliphatic heterocycles. The lowest BCUT2D eigenvalue weighted by molar-refractivity contribution is -0.118. The Labute approximate surface area is 171 Å². The highest BCUT2D eigenvalue weighted by Gasteiger charge is 2.14. The number of carbonyl (C=O) groups excluding carboxylic acids is 2. The SMILES string of the molecule is Cc1cc(Br)ccc1OCC(=O)Nc1ccccc1C(=O)Nc1ccccc1. The van der Waals surface area contributed by atoms with Crippen LogP contribution in [-0.4, -0.2) is 18.4 Å². The highest BCUT2D eigenvalue weighted by Crippen LogP contribution is 2.22. The van der Waals surface area contributed by atoms with Gasteiger partial charge in [-0.15, -0.1) is 0 Å². The molecule has 0 fully saturated rings. The first-order valence-electron chi connectivity index (χ1n) is 8.67. The van der Waals surface area contributed by atoms with Crippen molar-refractivity contribution in [3.05, 3.63) is 88.4 Å². The number of hydrogen-bond acceptors (Lipinski definition) is 3. The lowest BCUT2D eigenvalue weighted by Crippen LogP contribution is -2.23. The fourth-order valence-corrected chi connectivity index (χ4v) is 3.09. The van der Waals surface area contributed by atoms with Gasteiger partial charge in [0.15, 0.2) is 6.61 Å². The van der Waals surface area contributed by atoms with Crippen molar-refractivity contribution in [1.82, 2.24) is 0 Å². The summed E-state index contributed by atoms with van der Waals surface area (Å²) in [6.45, 7) is 1.75. The molecule has 0 saturated carbocycles. The summed E-state index contributed by atoms with van der Waals surface area (Å²) in [5, 5.41) is 5.56. The zero-order valence-corrected chi connectivity index (χ0v) is 16.8. The lowest BCUT2D eigenvalue weighted by Gasteiger charge is -2.13. The quantitative estimate of drug-likeness (QED) is 0.567. The van der Waals surface area contributed by atoms with Crippen molar-refractivity contribution in [2.24, 2.45) is 0 Å². The summed E-state index contributed by atoms with van der Waals surface area (Å²) in [7, 11) is 0. The van der Waals surface area contributed by atoms with Gasteiger partial charge in [0.05, 0.1) is 11.3 Å². The molecule has 2 amide bonds. The molecule has 3 rings (SSSR count). The smallest absolute Gasteiger partial charge is 0.262 e. The van der Waals surface area contributed by atoms with Gasteiger partial charge in [-0.05, 0) is 55.0 Å². The molecular weight excluding hydrogens is 420 g/mol. The van der Waals surface area contributed by atoms with Crippen molar-refractivity contribution in [2.75, 3.05) is 17.2 Å². The number of benzene rings is 3. The Bertz CT molecular complexity index is 990. The van der Waals surface area contributed by atoms with Crippen LogP contribution in [0.3, 0.4) is 0 Å². The van der Waals surface area contributed by atoms with E-state index in [-0.39, 0.29) is 18.4 Å². The van der Waals surface area contributed by atoms with E-state index in [1.165, 1.54) is 0 Å². The topological polar surface area (TPSA) is 67.4 Å². The van der Waals surface area contributed by atoms with Crippen LogP contribution in [-0.2, 0) is 4.79 Å². The molecule has 0 spiro atoms. The van der Waals surface area contributed by atoms with Crippen LogP contribution in [0.4, 0.5) is 11.4 Å². The third-order valence-electron chi connectivity index (χ3n) is 3.97. The van der Waals surface area contributed by atoms with E-state index in [9.17, 15) is 9.59 Å². The van der Waals surface area contributed by atoms with Gasteiger partial charge in [0, 0.05) is 10.2 Å². The molecule has 0 atom stereocenters. The molecule has 0 heterocycles. The molecule has 0 unspecified atom stereocenters. The molecule has 6 heteroatoms. The lowest BCUT2D eigenvalue weighted by atomic mass is 10.1. The van der Waals surface area contributed by atoms with Gasteiger partial charge in [-0.25, -0.2) is 0 Å². The van der Waals surface area contributed by atoms with Crippen molar-refractivity contribution in [3.8, 4) is 5.75 Å². The normalized spacial score (nSPS) is 10.2. The maximum absolute atomic E-state index is 12.6. The molecule has 3 aromatic rings. The molecular formula is C22H19BrN2O3. The molecule has 3 aromatic carbocycles. The van der Waals surface area contributed by atoms with E-state index in [1.807, 2.05) is 37.3 Å². The van der Waals surface area contributed by atoms with Crippen LogP contribution in [0.5, 0.6) is 5.75 Å². The Hall–Kier alpha value is -3.12. The Morgan fingerprint density at radius 2 is 1.64 bits per heavy atom. The van der Waals surface area contributed by atoms with E-state index in [0.717, 1.165) is 10.0 Å². The second kappa shape index (κ2) is 9.19. The fraction of sp³-hybridized carbons (Fsp3) is 0.0909. The number of carbonyl (C=O) groups is 2. The van der Waals surface area contributed by atoms with Gasteiger partial charge in [-0.3, -0.25) is 9.59 Å². The minimum atomic E-state index is -0.345. The summed E-state index contributed by atoms with van der Waals surface area (Å²) >= 11 is 3.39. The van der Waals surface area contributed by atoms with Crippen molar-refractivity contribution < 1.29 is 14.3 Å². The minimum absolute atomic E-state index is 0.156. The number of nitrogens with one attached hydrogen (secondary N) is 2. The van der Waals surface area contributed by atoms with Crippen molar-refractivity contribution in [1.29, 1.82) is 0 Å². The molecule has 0 saturated heterocycles. The van der Waals surface area contributed by atoms with Gasteiger partial charge in [-0.2, -0.15) is 0 Å². The van der Waals surface area contributed by atoms with E-state index in [4.69, 9.17) is 4.74 Å².